The maximum Gasteiger partial charge on any atom is 0.272 e. The minimum absolute atomic E-state index is 0.00676. The molecule has 1 aliphatic rings. The molecule has 0 bridgehead atoms. The van der Waals surface area contributed by atoms with Gasteiger partial charge in [0.05, 0.1) is 5.69 Å². The third kappa shape index (κ3) is 3.22. The lowest BCUT2D eigenvalue weighted by Gasteiger charge is -2.34. The number of carbonyl (C=O) groups excluding carboxylic acids is 2. The SMILES string of the molecule is O=C(c1cc(-c2cccnc2)n[nH]1)N1CCN(C(=O)c2cccc3[nH]ccc23)CC1. The first-order chi connectivity index (χ1) is 14.7. The molecular formula is C22H20N6O2. The standard InChI is InChI=1S/C22H20N6O2/c29-21(17-4-1-5-18-16(17)6-8-24-18)27-9-11-28(12-10-27)22(30)20-13-19(25-26-20)15-3-2-7-23-14-15/h1-8,13-14,24H,9-12H2,(H,25,26). The Morgan fingerprint density at radius 2 is 1.73 bits per heavy atom. The zero-order valence-electron chi connectivity index (χ0n) is 16.2. The summed E-state index contributed by atoms with van der Waals surface area (Å²) in [7, 11) is 0. The van der Waals surface area contributed by atoms with Gasteiger partial charge in [0.25, 0.3) is 11.8 Å². The highest BCUT2D eigenvalue weighted by Crippen LogP contribution is 2.21. The average Bonchev–Trinajstić information content (AvgIpc) is 3.48. The zero-order valence-corrected chi connectivity index (χ0v) is 16.2. The molecule has 3 aromatic heterocycles. The number of nitrogens with zero attached hydrogens (tertiary/aromatic N) is 4. The zero-order chi connectivity index (χ0) is 20.5. The monoisotopic (exact) mass is 400 g/mol. The van der Waals surface area contributed by atoms with E-state index in [4.69, 9.17) is 0 Å². The maximum absolute atomic E-state index is 13.0. The van der Waals surface area contributed by atoms with Gasteiger partial charge in [-0.25, -0.2) is 0 Å². The third-order valence-corrected chi connectivity index (χ3v) is 5.45. The first-order valence-electron chi connectivity index (χ1n) is 9.81. The highest BCUT2D eigenvalue weighted by atomic mass is 16.2. The Balaban J connectivity index is 1.26. The van der Waals surface area contributed by atoms with E-state index >= 15 is 0 Å². The molecule has 150 valence electrons. The van der Waals surface area contributed by atoms with E-state index in [0.29, 0.717) is 43.1 Å². The number of piperazine rings is 1. The van der Waals surface area contributed by atoms with Gasteiger partial charge in [0, 0.05) is 66.8 Å². The minimum Gasteiger partial charge on any atom is -0.361 e. The van der Waals surface area contributed by atoms with Gasteiger partial charge < -0.3 is 14.8 Å². The Morgan fingerprint density at radius 3 is 2.50 bits per heavy atom. The molecular weight excluding hydrogens is 380 g/mol. The van der Waals surface area contributed by atoms with E-state index in [2.05, 4.69) is 20.2 Å². The lowest BCUT2D eigenvalue weighted by molar-refractivity contribution is 0.0533. The summed E-state index contributed by atoms with van der Waals surface area (Å²) >= 11 is 0. The molecule has 1 aromatic carbocycles. The summed E-state index contributed by atoms with van der Waals surface area (Å²) in [4.78, 5) is 36.6. The van der Waals surface area contributed by atoms with E-state index in [1.165, 1.54) is 0 Å². The predicted molar refractivity (Wildman–Crippen MR) is 112 cm³/mol. The van der Waals surface area contributed by atoms with E-state index in [0.717, 1.165) is 16.5 Å². The van der Waals surface area contributed by atoms with Gasteiger partial charge >= 0.3 is 0 Å². The minimum atomic E-state index is -0.113. The summed E-state index contributed by atoms with van der Waals surface area (Å²) in [5, 5.41) is 7.97. The van der Waals surface area contributed by atoms with Crippen LogP contribution in [-0.2, 0) is 0 Å². The van der Waals surface area contributed by atoms with Crippen molar-refractivity contribution < 1.29 is 9.59 Å². The van der Waals surface area contributed by atoms with Gasteiger partial charge in [0.2, 0.25) is 0 Å². The highest BCUT2D eigenvalue weighted by molar-refractivity contribution is 6.06. The molecule has 0 aliphatic carbocycles. The number of nitrogens with one attached hydrogen (secondary N) is 2. The fourth-order valence-electron chi connectivity index (χ4n) is 3.82. The number of hydrogen-bond acceptors (Lipinski definition) is 4. The molecule has 8 nitrogen and oxygen atoms in total. The predicted octanol–water partition coefficient (Wildman–Crippen LogP) is 2.55. The quantitative estimate of drug-likeness (QED) is 0.552. The number of pyridine rings is 1. The van der Waals surface area contributed by atoms with Crippen molar-refractivity contribution in [2.75, 3.05) is 26.2 Å². The van der Waals surface area contributed by atoms with Crippen molar-refractivity contribution in [1.29, 1.82) is 0 Å². The van der Waals surface area contributed by atoms with Crippen molar-refractivity contribution in [2.24, 2.45) is 0 Å². The number of benzene rings is 1. The van der Waals surface area contributed by atoms with Crippen LogP contribution in [0, 0.1) is 0 Å². The van der Waals surface area contributed by atoms with Gasteiger partial charge in [-0.15, -0.1) is 0 Å². The normalized spacial score (nSPS) is 14.3. The first-order valence-corrected chi connectivity index (χ1v) is 9.81. The van der Waals surface area contributed by atoms with Crippen LogP contribution in [-0.4, -0.2) is 68.0 Å². The summed E-state index contributed by atoms with van der Waals surface area (Å²) in [6.07, 6.45) is 5.24. The second-order valence-electron chi connectivity index (χ2n) is 7.24. The molecule has 1 aliphatic heterocycles. The van der Waals surface area contributed by atoms with E-state index < -0.39 is 0 Å². The molecule has 4 aromatic rings. The largest absolute Gasteiger partial charge is 0.361 e. The number of carbonyl (C=O) groups is 2. The molecule has 30 heavy (non-hydrogen) atoms. The molecule has 0 spiro atoms. The van der Waals surface area contributed by atoms with Gasteiger partial charge in [0.15, 0.2) is 0 Å². The number of H-pyrrole nitrogens is 2. The molecule has 4 heterocycles. The van der Waals surface area contributed by atoms with Crippen molar-refractivity contribution in [3.8, 4) is 11.3 Å². The Hall–Kier alpha value is -3.94. The summed E-state index contributed by atoms with van der Waals surface area (Å²) in [6.45, 7) is 1.95. The Kier molecular flexibility index (Phi) is 4.51. The smallest absolute Gasteiger partial charge is 0.272 e. The molecule has 2 N–H and O–H groups in total. The van der Waals surface area contributed by atoms with Crippen molar-refractivity contribution in [1.82, 2.24) is 30.0 Å². The molecule has 1 saturated heterocycles. The fraction of sp³-hybridized carbons (Fsp3) is 0.182. The van der Waals surface area contributed by atoms with Crippen LogP contribution in [0.1, 0.15) is 20.8 Å². The second kappa shape index (κ2) is 7.47. The van der Waals surface area contributed by atoms with Crippen molar-refractivity contribution in [3.63, 3.8) is 0 Å². The van der Waals surface area contributed by atoms with Crippen LogP contribution < -0.4 is 0 Å². The number of aromatic amines is 2. The van der Waals surface area contributed by atoms with E-state index in [1.54, 1.807) is 28.3 Å². The Labute approximate surface area is 172 Å². The molecule has 0 saturated carbocycles. The average molecular weight is 400 g/mol. The van der Waals surface area contributed by atoms with Crippen LogP contribution in [0.25, 0.3) is 22.2 Å². The molecule has 1 fully saturated rings. The number of aromatic nitrogens is 4. The van der Waals surface area contributed by atoms with Crippen molar-refractivity contribution >= 4 is 22.7 Å². The van der Waals surface area contributed by atoms with Crippen molar-refractivity contribution in [3.05, 3.63) is 72.3 Å². The van der Waals surface area contributed by atoms with Gasteiger partial charge in [0.1, 0.15) is 5.69 Å². The lowest BCUT2D eigenvalue weighted by atomic mass is 10.1. The van der Waals surface area contributed by atoms with E-state index in [1.807, 2.05) is 42.6 Å². The topological polar surface area (TPSA) is 98.0 Å². The number of hydrogen-bond donors (Lipinski definition) is 2. The summed E-state index contributed by atoms with van der Waals surface area (Å²) in [6, 6.07) is 13.1. The van der Waals surface area contributed by atoms with Gasteiger partial charge in [-0.2, -0.15) is 5.10 Å². The first kappa shape index (κ1) is 18.1. The highest BCUT2D eigenvalue weighted by Gasteiger charge is 2.27. The summed E-state index contributed by atoms with van der Waals surface area (Å²) in [5.74, 6) is -0.120. The van der Waals surface area contributed by atoms with Crippen LogP contribution in [0.4, 0.5) is 0 Å². The van der Waals surface area contributed by atoms with Crippen molar-refractivity contribution in [2.45, 2.75) is 0 Å². The van der Waals surface area contributed by atoms with Gasteiger partial charge in [-0.3, -0.25) is 19.7 Å². The Bertz CT molecular complexity index is 1200. The maximum atomic E-state index is 13.0. The number of fused-ring (bicyclic) bond motifs is 1. The number of amides is 2. The van der Waals surface area contributed by atoms with E-state index in [9.17, 15) is 9.59 Å². The van der Waals surface area contributed by atoms with Crippen LogP contribution in [0.5, 0.6) is 0 Å². The fourth-order valence-corrected chi connectivity index (χ4v) is 3.82. The third-order valence-electron chi connectivity index (χ3n) is 5.45. The second-order valence-corrected chi connectivity index (χ2v) is 7.24. The molecule has 0 radical (unpaired) electrons. The van der Waals surface area contributed by atoms with Gasteiger partial charge in [-0.05, 0) is 36.4 Å². The van der Waals surface area contributed by atoms with Crippen LogP contribution in [0.3, 0.4) is 0 Å². The molecule has 5 rings (SSSR count). The van der Waals surface area contributed by atoms with Gasteiger partial charge in [-0.1, -0.05) is 6.07 Å². The van der Waals surface area contributed by atoms with E-state index in [-0.39, 0.29) is 11.8 Å². The summed E-state index contributed by atoms with van der Waals surface area (Å²) < 4.78 is 0. The summed E-state index contributed by atoms with van der Waals surface area (Å²) in [5.41, 5.74) is 3.59. The molecule has 8 heteroatoms. The number of rotatable bonds is 3. The lowest BCUT2D eigenvalue weighted by Crippen LogP contribution is -2.50. The molecule has 0 atom stereocenters. The molecule has 0 unspecified atom stereocenters. The van der Waals surface area contributed by atoms with Crippen LogP contribution >= 0.6 is 0 Å². The molecule has 2 amide bonds. The Morgan fingerprint density at radius 1 is 0.933 bits per heavy atom. The van der Waals surface area contributed by atoms with Crippen LogP contribution in [0.15, 0.2) is 61.1 Å². The van der Waals surface area contributed by atoms with Crippen LogP contribution in [0.2, 0.25) is 0 Å².